The Bertz CT molecular complexity index is 1130. The second kappa shape index (κ2) is 10.4. The summed E-state index contributed by atoms with van der Waals surface area (Å²) in [6.45, 7) is 5.73. The van der Waals surface area contributed by atoms with Gasteiger partial charge < -0.3 is 19.8 Å². The number of nitrogens with zero attached hydrogens (tertiary/aromatic N) is 1. The summed E-state index contributed by atoms with van der Waals surface area (Å²) in [7, 11) is -2.42. The molecule has 0 saturated carbocycles. The van der Waals surface area contributed by atoms with E-state index in [4.69, 9.17) is 9.47 Å². The van der Waals surface area contributed by atoms with Gasteiger partial charge in [0.15, 0.2) is 0 Å². The minimum Gasteiger partial charge on any atom is -0.497 e. The predicted molar refractivity (Wildman–Crippen MR) is 123 cm³/mol. The Balaban J connectivity index is 1.75. The van der Waals surface area contributed by atoms with Crippen LogP contribution >= 0.6 is 0 Å². The third-order valence-electron chi connectivity index (χ3n) is 5.75. The number of ether oxygens (including phenoxy) is 2. The zero-order chi connectivity index (χ0) is 24.2. The lowest BCUT2D eigenvalue weighted by molar-refractivity contribution is -0.126. The number of benzene rings is 1. The quantitative estimate of drug-likeness (QED) is 0.564. The monoisotopic (exact) mass is 477 g/mol. The van der Waals surface area contributed by atoms with Crippen molar-refractivity contribution in [3.05, 3.63) is 46.8 Å². The van der Waals surface area contributed by atoms with Crippen LogP contribution in [0, 0.1) is 19.8 Å². The Kier molecular flexibility index (Phi) is 7.80. The number of aryl methyl sites for hydroxylation is 2. The van der Waals surface area contributed by atoms with Gasteiger partial charge in [-0.3, -0.25) is 4.79 Å². The molecule has 1 atom stereocenters. The van der Waals surface area contributed by atoms with Crippen LogP contribution in [0.25, 0.3) is 0 Å². The molecule has 10 heteroatoms. The summed E-state index contributed by atoms with van der Waals surface area (Å²) in [4.78, 5) is 28.2. The fourth-order valence-corrected chi connectivity index (χ4v) is 6.09. The van der Waals surface area contributed by atoms with Gasteiger partial charge in [0.1, 0.15) is 16.2 Å². The molecular formula is C23H31N3O6S. The average Bonchev–Trinajstić information content (AvgIpc) is 3.12. The Hall–Kier alpha value is -2.85. The van der Waals surface area contributed by atoms with Crippen molar-refractivity contribution in [2.45, 2.75) is 45.1 Å². The molecule has 1 aromatic heterocycles. The van der Waals surface area contributed by atoms with Gasteiger partial charge in [-0.25, -0.2) is 13.2 Å². The first-order valence-electron chi connectivity index (χ1n) is 11.0. The number of carbonyl (C=O) groups excluding carboxylic acids is 2. The van der Waals surface area contributed by atoms with Gasteiger partial charge in [-0.1, -0.05) is 12.1 Å². The topological polar surface area (TPSA) is 118 Å². The number of methoxy groups -OCH3 is 1. The lowest BCUT2D eigenvalue weighted by Gasteiger charge is -2.31. The standard InChI is InChI=1S/C23H31N3O6S/c1-5-32-23(28)20-15(2)25-16(3)21(20)33(29,30)26-11-7-9-18(14-26)22(27)24-13-17-8-6-10-19(12-17)31-4/h6,8,10,12,18,25H,5,7,9,11,13-14H2,1-4H3,(H,24,27)/t18-/m0/s1. The zero-order valence-corrected chi connectivity index (χ0v) is 20.3. The number of rotatable bonds is 8. The maximum absolute atomic E-state index is 13.5. The number of hydrogen-bond acceptors (Lipinski definition) is 6. The van der Waals surface area contributed by atoms with E-state index in [0.717, 1.165) is 5.56 Å². The fraction of sp³-hybridized carbons (Fsp3) is 0.478. The minimum atomic E-state index is -4.00. The zero-order valence-electron chi connectivity index (χ0n) is 19.4. The van der Waals surface area contributed by atoms with E-state index in [1.165, 1.54) is 4.31 Å². The molecule has 1 aliphatic heterocycles. The Morgan fingerprint density at radius 2 is 2.00 bits per heavy atom. The third-order valence-corrected chi connectivity index (χ3v) is 7.79. The van der Waals surface area contributed by atoms with Crippen molar-refractivity contribution < 1.29 is 27.5 Å². The van der Waals surface area contributed by atoms with Crippen LogP contribution < -0.4 is 10.1 Å². The molecule has 180 valence electrons. The van der Waals surface area contributed by atoms with Crippen LogP contribution in [0.3, 0.4) is 0 Å². The van der Waals surface area contributed by atoms with Gasteiger partial charge in [0.05, 0.1) is 19.6 Å². The summed E-state index contributed by atoms with van der Waals surface area (Å²) in [5.41, 5.74) is 1.73. The number of hydrogen-bond donors (Lipinski definition) is 2. The van der Waals surface area contributed by atoms with Crippen molar-refractivity contribution in [2.75, 3.05) is 26.8 Å². The number of sulfonamides is 1. The largest absolute Gasteiger partial charge is 0.497 e. The van der Waals surface area contributed by atoms with Crippen LogP contribution in [-0.4, -0.2) is 56.4 Å². The van der Waals surface area contributed by atoms with Crippen LogP contribution in [0.4, 0.5) is 0 Å². The smallest absolute Gasteiger partial charge is 0.341 e. The van der Waals surface area contributed by atoms with Crippen molar-refractivity contribution in [3.63, 3.8) is 0 Å². The fourth-order valence-electron chi connectivity index (χ4n) is 4.15. The van der Waals surface area contributed by atoms with Crippen LogP contribution in [-0.2, 0) is 26.1 Å². The summed E-state index contributed by atoms with van der Waals surface area (Å²) < 4.78 is 38.6. The normalized spacial score (nSPS) is 16.9. The van der Waals surface area contributed by atoms with Gasteiger partial charge in [0.2, 0.25) is 15.9 Å². The van der Waals surface area contributed by atoms with Crippen molar-refractivity contribution in [1.82, 2.24) is 14.6 Å². The van der Waals surface area contributed by atoms with Gasteiger partial charge >= 0.3 is 5.97 Å². The molecule has 0 aliphatic carbocycles. The number of piperidine rings is 1. The molecule has 1 saturated heterocycles. The number of aromatic amines is 1. The van der Waals surface area contributed by atoms with Gasteiger partial charge in [-0.05, 0) is 51.3 Å². The SMILES string of the molecule is CCOC(=O)c1c(C)[nH]c(C)c1S(=O)(=O)N1CCC[C@H](C(=O)NCc2cccc(OC)c2)C1. The molecular weight excluding hydrogens is 446 g/mol. The van der Waals surface area contributed by atoms with Crippen molar-refractivity contribution in [2.24, 2.45) is 5.92 Å². The molecule has 2 N–H and O–H groups in total. The van der Waals surface area contributed by atoms with Gasteiger partial charge in [0, 0.05) is 31.0 Å². The Morgan fingerprint density at radius 3 is 2.70 bits per heavy atom. The molecule has 0 spiro atoms. The molecule has 33 heavy (non-hydrogen) atoms. The molecule has 0 bridgehead atoms. The van der Waals surface area contributed by atoms with E-state index in [0.29, 0.717) is 36.5 Å². The molecule has 9 nitrogen and oxygen atoms in total. The molecule has 0 unspecified atom stereocenters. The number of aromatic nitrogens is 1. The van der Waals surface area contributed by atoms with E-state index in [9.17, 15) is 18.0 Å². The highest BCUT2D eigenvalue weighted by Gasteiger charge is 2.38. The number of H-pyrrole nitrogens is 1. The van der Waals surface area contributed by atoms with Crippen LogP contribution in [0.1, 0.15) is 47.1 Å². The molecule has 3 rings (SSSR count). The Labute approximate surface area is 194 Å². The number of nitrogens with one attached hydrogen (secondary N) is 2. The van der Waals surface area contributed by atoms with E-state index in [1.807, 2.05) is 24.3 Å². The number of esters is 1. The van der Waals surface area contributed by atoms with E-state index >= 15 is 0 Å². The first-order chi connectivity index (χ1) is 15.7. The minimum absolute atomic E-state index is 0.0268. The summed E-state index contributed by atoms with van der Waals surface area (Å²) in [5, 5.41) is 2.90. The lowest BCUT2D eigenvalue weighted by atomic mass is 9.99. The van der Waals surface area contributed by atoms with E-state index in [-0.39, 0.29) is 36.1 Å². The predicted octanol–water partition coefficient (Wildman–Crippen LogP) is 2.53. The first-order valence-corrected chi connectivity index (χ1v) is 12.4. The van der Waals surface area contributed by atoms with E-state index in [1.54, 1.807) is 27.9 Å². The maximum Gasteiger partial charge on any atom is 0.341 e. The number of carbonyl (C=O) groups is 2. The summed E-state index contributed by atoms with van der Waals surface area (Å²) in [6.07, 6.45) is 1.14. The highest BCUT2D eigenvalue weighted by atomic mass is 32.2. The molecule has 2 heterocycles. The van der Waals surface area contributed by atoms with Crippen LogP contribution in [0.5, 0.6) is 5.75 Å². The Morgan fingerprint density at radius 1 is 1.24 bits per heavy atom. The number of amides is 1. The third kappa shape index (κ3) is 5.39. The molecule has 1 aromatic carbocycles. The van der Waals surface area contributed by atoms with Crippen molar-refractivity contribution >= 4 is 21.9 Å². The second-order valence-electron chi connectivity index (χ2n) is 8.07. The summed E-state index contributed by atoms with van der Waals surface area (Å²) in [6, 6.07) is 7.39. The lowest BCUT2D eigenvalue weighted by Crippen LogP contribution is -2.45. The van der Waals surface area contributed by atoms with Gasteiger partial charge in [0.25, 0.3) is 0 Å². The van der Waals surface area contributed by atoms with Crippen LogP contribution in [0.2, 0.25) is 0 Å². The highest BCUT2D eigenvalue weighted by Crippen LogP contribution is 2.30. The van der Waals surface area contributed by atoms with Crippen LogP contribution in [0.15, 0.2) is 29.2 Å². The van der Waals surface area contributed by atoms with Gasteiger partial charge in [-0.15, -0.1) is 0 Å². The van der Waals surface area contributed by atoms with Gasteiger partial charge in [-0.2, -0.15) is 4.31 Å². The molecule has 1 aliphatic rings. The molecule has 1 fully saturated rings. The van der Waals surface area contributed by atoms with Crippen molar-refractivity contribution in [3.8, 4) is 5.75 Å². The highest BCUT2D eigenvalue weighted by molar-refractivity contribution is 7.89. The summed E-state index contributed by atoms with van der Waals surface area (Å²) >= 11 is 0. The molecule has 1 amide bonds. The van der Waals surface area contributed by atoms with E-state index in [2.05, 4.69) is 10.3 Å². The second-order valence-corrected chi connectivity index (χ2v) is 9.95. The average molecular weight is 478 g/mol. The molecule has 2 aromatic rings. The molecule has 0 radical (unpaired) electrons. The van der Waals surface area contributed by atoms with E-state index < -0.39 is 21.9 Å². The summed E-state index contributed by atoms with van der Waals surface area (Å²) in [5.74, 6) is -0.662. The maximum atomic E-state index is 13.5. The first kappa shape index (κ1) is 24.8. The van der Waals surface area contributed by atoms with Crippen molar-refractivity contribution in [1.29, 1.82) is 0 Å².